The molecule has 30 heavy (non-hydrogen) atoms. The first-order valence-corrected chi connectivity index (χ1v) is 10.5. The van der Waals surface area contributed by atoms with Crippen molar-refractivity contribution in [2.75, 3.05) is 22.6 Å². The average Bonchev–Trinajstić information content (AvgIpc) is 3.30. The van der Waals surface area contributed by atoms with Crippen molar-refractivity contribution in [2.45, 2.75) is 25.8 Å². The van der Waals surface area contributed by atoms with Crippen LogP contribution in [-0.2, 0) is 17.6 Å². The molecule has 2 aromatic carbocycles. The number of aromatic nitrogens is 1. The lowest BCUT2D eigenvalue weighted by Crippen LogP contribution is -2.36. The molecular formula is C22H22N4O3S. The normalized spacial score (nSPS) is 14.9. The molecule has 0 saturated carbocycles. The van der Waals surface area contributed by atoms with Crippen molar-refractivity contribution in [3.63, 3.8) is 0 Å². The summed E-state index contributed by atoms with van der Waals surface area (Å²) in [7, 11) is 1.54. The number of para-hydroxylation sites is 3. The van der Waals surface area contributed by atoms with Crippen molar-refractivity contribution in [2.24, 2.45) is 0 Å². The van der Waals surface area contributed by atoms with Gasteiger partial charge in [-0.05, 0) is 37.1 Å². The average molecular weight is 423 g/mol. The number of rotatable bonds is 5. The Morgan fingerprint density at radius 3 is 2.77 bits per heavy atom. The Hall–Kier alpha value is -3.39. The number of urea groups is 1. The van der Waals surface area contributed by atoms with Gasteiger partial charge in [-0.15, -0.1) is 11.3 Å². The van der Waals surface area contributed by atoms with Crippen LogP contribution in [0.3, 0.4) is 0 Å². The van der Waals surface area contributed by atoms with Crippen molar-refractivity contribution in [1.29, 1.82) is 0 Å². The summed E-state index contributed by atoms with van der Waals surface area (Å²) in [6.45, 7) is 2.05. The molecule has 1 aliphatic rings. The summed E-state index contributed by atoms with van der Waals surface area (Å²) in [4.78, 5) is 31.4. The van der Waals surface area contributed by atoms with E-state index < -0.39 is 6.03 Å². The van der Waals surface area contributed by atoms with Gasteiger partial charge >= 0.3 is 6.03 Å². The maximum atomic E-state index is 12.9. The van der Waals surface area contributed by atoms with Crippen LogP contribution in [0.4, 0.5) is 21.3 Å². The van der Waals surface area contributed by atoms with Crippen LogP contribution in [-0.4, -0.2) is 30.1 Å². The van der Waals surface area contributed by atoms with Crippen molar-refractivity contribution in [1.82, 2.24) is 4.98 Å². The van der Waals surface area contributed by atoms with Crippen LogP contribution in [0.1, 0.15) is 18.2 Å². The molecular weight excluding hydrogens is 400 g/mol. The van der Waals surface area contributed by atoms with Gasteiger partial charge in [-0.3, -0.25) is 10.1 Å². The molecule has 3 aromatic rings. The third kappa shape index (κ3) is 4.13. The molecule has 0 spiro atoms. The number of amides is 3. The molecule has 4 rings (SSSR count). The van der Waals surface area contributed by atoms with Crippen LogP contribution in [0, 0.1) is 0 Å². The molecule has 1 aromatic heterocycles. The summed E-state index contributed by atoms with van der Waals surface area (Å²) < 4.78 is 5.23. The predicted octanol–water partition coefficient (Wildman–Crippen LogP) is 4.32. The summed E-state index contributed by atoms with van der Waals surface area (Å²) in [5.41, 5.74) is 3.35. The minimum atomic E-state index is -0.422. The second kappa shape index (κ2) is 8.54. The SMILES string of the molecule is COc1ccccc1NC(=O)Nc1nc(CC(=O)N2c3ccccc3CC2C)cs1. The van der Waals surface area contributed by atoms with Crippen LogP contribution in [0.2, 0.25) is 0 Å². The number of fused-ring (bicyclic) bond motifs is 1. The molecule has 8 heteroatoms. The molecule has 0 bridgehead atoms. The maximum Gasteiger partial charge on any atom is 0.325 e. The van der Waals surface area contributed by atoms with E-state index >= 15 is 0 Å². The Bertz CT molecular complexity index is 1080. The first-order chi connectivity index (χ1) is 14.5. The van der Waals surface area contributed by atoms with Crippen LogP contribution >= 0.6 is 11.3 Å². The van der Waals surface area contributed by atoms with Crippen LogP contribution < -0.4 is 20.3 Å². The summed E-state index contributed by atoms with van der Waals surface area (Å²) in [6.07, 6.45) is 1.04. The predicted molar refractivity (Wildman–Crippen MR) is 119 cm³/mol. The highest BCUT2D eigenvalue weighted by Crippen LogP contribution is 2.32. The van der Waals surface area contributed by atoms with Gasteiger partial charge in [-0.1, -0.05) is 30.3 Å². The van der Waals surface area contributed by atoms with Gasteiger partial charge in [-0.2, -0.15) is 0 Å². The molecule has 2 N–H and O–H groups in total. The number of anilines is 3. The first-order valence-electron chi connectivity index (χ1n) is 9.60. The second-order valence-electron chi connectivity index (χ2n) is 7.05. The monoisotopic (exact) mass is 422 g/mol. The van der Waals surface area contributed by atoms with Gasteiger partial charge in [0.05, 0.1) is 24.9 Å². The van der Waals surface area contributed by atoms with Gasteiger partial charge in [0.2, 0.25) is 5.91 Å². The number of carbonyl (C=O) groups excluding carboxylic acids is 2. The Balaban J connectivity index is 1.39. The summed E-state index contributed by atoms with van der Waals surface area (Å²) in [6, 6.07) is 14.8. The third-order valence-electron chi connectivity index (χ3n) is 4.94. The number of carbonyl (C=O) groups is 2. The van der Waals surface area contributed by atoms with Gasteiger partial charge in [0.25, 0.3) is 0 Å². The van der Waals surface area contributed by atoms with E-state index in [9.17, 15) is 9.59 Å². The van der Waals surface area contributed by atoms with Crippen LogP contribution in [0.15, 0.2) is 53.9 Å². The van der Waals surface area contributed by atoms with Crippen LogP contribution in [0.5, 0.6) is 5.75 Å². The van der Waals surface area contributed by atoms with E-state index in [1.54, 1.807) is 24.6 Å². The van der Waals surface area contributed by atoms with E-state index in [2.05, 4.69) is 21.7 Å². The number of hydrogen-bond acceptors (Lipinski definition) is 5. The molecule has 0 aliphatic carbocycles. The fourth-order valence-electron chi connectivity index (χ4n) is 3.63. The Labute approximate surface area is 178 Å². The lowest BCUT2D eigenvalue weighted by atomic mass is 10.1. The molecule has 1 atom stereocenters. The molecule has 2 heterocycles. The highest BCUT2D eigenvalue weighted by atomic mass is 32.1. The second-order valence-corrected chi connectivity index (χ2v) is 7.90. The van der Waals surface area contributed by atoms with Gasteiger partial charge in [0.15, 0.2) is 5.13 Å². The van der Waals surface area contributed by atoms with Gasteiger partial charge in [-0.25, -0.2) is 9.78 Å². The van der Waals surface area contributed by atoms with Gasteiger partial charge < -0.3 is 15.0 Å². The molecule has 0 fully saturated rings. The Morgan fingerprint density at radius 2 is 1.93 bits per heavy atom. The zero-order chi connectivity index (χ0) is 21.1. The van der Waals surface area contributed by atoms with Crippen molar-refractivity contribution >= 4 is 39.8 Å². The maximum absolute atomic E-state index is 12.9. The van der Waals surface area contributed by atoms with E-state index in [-0.39, 0.29) is 18.4 Å². The van der Waals surface area contributed by atoms with E-state index in [1.807, 2.05) is 42.2 Å². The minimum absolute atomic E-state index is 0.00257. The van der Waals surface area contributed by atoms with E-state index in [0.717, 1.165) is 12.1 Å². The zero-order valence-corrected chi connectivity index (χ0v) is 17.5. The summed E-state index contributed by atoms with van der Waals surface area (Å²) >= 11 is 1.28. The molecule has 1 unspecified atom stereocenters. The van der Waals surface area contributed by atoms with Crippen molar-refractivity contribution < 1.29 is 14.3 Å². The topological polar surface area (TPSA) is 83.6 Å². The number of thiazole rings is 1. The molecule has 3 amide bonds. The molecule has 1 aliphatic heterocycles. The summed E-state index contributed by atoms with van der Waals surface area (Å²) in [5.74, 6) is 0.570. The Kier molecular flexibility index (Phi) is 5.67. The lowest BCUT2D eigenvalue weighted by Gasteiger charge is -2.22. The third-order valence-corrected chi connectivity index (χ3v) is 5.74. The molecule has 7 nitrogen and oxygen atoms in total. The molecule has 0 radical (unpaired) electrons. The highest BCUT2D eigenvalue weighted by Gasteiger charge is 2.30. The lowest BCUT2D eigenvalue weighted by molar-refractivity contribution is -0.118. The number of nitrogens with one attached hydrogen (secondary N) is 2. The van der Waals surface area contributed by atoms with Gasteiger partial charge in [0, 0.05) is 17.1 Å². The molecule has 154 valence electrons. The van der Waals surface area contributed by atoms with E-state index in [4.69, 9.17) is 4.74 Å². The zero-order valence-electron chi connectivity index (χ0n) is 16.7. The quantitative estimate of drug-likeness (QED) is 0.642. The standard InChI is InChI=1S/C22H22N4O3S/c1-14-11-15-7-3-5-9-18(15)26(14)20(27)12-16-13-30-22(23-16)25-21(28)24-17-8-4-6-10-19(17)29-2/h3-10,13-14H,11-12H2,1-2H3,(H2,23,24,25,28). The Morgan fingerprint density at radius 1 is 1.17 bits per heavy atom. The highest BCUT2D eigenvalue weighted by molar-refractivity contribution is 7.14. The summed E-state index contributed by atoms with van der Waals surface area (Å²) in [5, 5.41) is 7.67. The fourth-order valence-corrected chi connectivity index (χ4v) is 4.34. The minimum Gasteiger partial charge on any atom is -0.495 e. The molecule has 0 saturated heterocycles. The van der Waals surface area contributed by atoms with E-state index in [1.165, 1.54) is 16.9 Å². The van der Waals surface area contributed by atoms with Crippen LogP contribution in [0.25, 0.3) is 0 Å². The first kappa shape index (κ1) is 19.9. The van der Waals surface area contributed by atoms with Crippen molar-refractivity contribution in [3.05, 3.63) is 65.2 Å². The largest absolute Gasteiger partial charge is 0.495 e. The smallest absolute Gasteiger partial charge is 0.325 e. The number of methoxy groups -OCH3 is 1. The number of nitrogens with zero attached hydrogens (tertiary/aromatic N) is 2. The number of ether oxygens (including phenoxy) is 1. The number of benzene rings is 2. The fraction of sp³-hybridized carbons (Fsp3) is 0.227. The number of hydrogen-bond donors (Lipinski definition) is 2. The van der Waals surface area contributed by atoms with E-state index in [0.29, 0.717) is 22.3 Å². The van der Waals surface area contributed by atoms with Gasteiger partial charge in [0.1, 0.15) is 5.75 Å². The van der Waals surface area contributed by atoms with Crippen molar-refractivity contribution in [3.8, 4) is 5.75 Å².